The van der Waals surface area contributed by atoms with Crippen LogP contribution in [0.5, 0.6) is 0 Å². The van der Waals surface area contributed by atoms with Gasteiger partial charge in [-0.3, -0.25) is 0 Å². The summed E-state index contributed by atoms with van der Waals surface area (Å²) in [5.74, 6) is 2.53. The highest BCUT2D eigenvalue weighted by Crippen LogP contribution is 2.25. The van der Waals surface area contributed by atoms with Crippen molar-refractivity contribution in [2.45, 2.75) is 31.5 Å². The number of aliphatic hydroxyl groups excluding tert-OH is 1. The lowest BCUT2D eigenvalue weighted by molar-refractivity contribution is 0.278. The van der Waals surface area contributed by atoms with Crippen LogP contribution in [0.3, 0.4) is 0 Å². The van der Waals surface area contributed by atoms with E-state index >= 15 is 0 Å². The van der Waals surface area contributed by atoms with E-state index in [-0.39, 0.29) is 18.8 Å². The third-order valence-corrected chi connectivity index (χ3v) is 1.64. The van der Waals surface area contributed by atoms with Crippen LogP contribution in [0, 0.1) is 12.3 Å². The Morgan fingerprint density at radius 3 is 2.80 bits per heavy atom. The Hall–Kier alpha value is -0.520. The molecule has 1 saturated heterocycles. The topological polar surface area (TPSA) is 32.8 Å². The zero-order chi connectivity index (χ0) is 7.40. The molecule has 2 heteroatoms. The van der Waals surface area contributed by atoms with Gasteiger partial charge in [-0.1, -0.05) is 5.92 Å². The molecule has 56 valence electrons. The van der Waals surface area contributed by atoms with Crippen LogP contribution >= 0.6 is 0 Å². The molecule has 1 aliphatic heterocycles. The first-order valence-corrected chi connectivity index (χ1v) is 3.61. The van der Waals surface area contributed by atoms with E-state index in [2.05, 4.69) is 5.92 Å². The van der Waals surface area contributed by atoms with Crippen molar-refractivity contribution in [1.29, 1.82) is 0 Å². The SMILES string of the molecule is C#C[C@H]1O[C@@H]1CCCCO. The van der Waals surface area contributed by atoms with Crippen molar-refractivity contribution >= 4 is 0 Å². The summed E-state index contributed by atoms with van der Waals surface area (Å²) in [6.07, 6.45) is 8.33. The van der Waals surface area contributed by atoms with Crippen molar-refractivity contribution in [3.05, 3.63) is 0 Å². The predicted molar refractivity (Wildman–Crippen MR) is 38.4 cm³/mol. The lowest BCUT2D eigenvalue weighted by Crippen LogP contribution is -1.92. The van der Waals surface area contributed by atoms with Crippen LogP contribution in [-0.2, 0) is 4.74 Å². The van der Waals surface area contributed by atoms with E-state index in [9.17, 15) is 0 Å². The van der Waals surface area contributed by atoms with Crippen molar-refractivity contribution < 1.29 is 9.84 Å². The largest absolute Gasteiger partial charge is 0.396 e. The summed E-state index contributed by atoms with van der Waals surface area (Å²) in [5.41, 5.74) is 0. The number of terminal acetylenes is 1. The maximum atomic E-state index is 8.44. The van der Waals surface area contributed by atoms with Crippen molar-refractivity contribution in [2.75, 3.05) is 6.61 Å². The Morgan fingerprint density at radius 1 is 1.50 bits per heavy atom. The zero-order valence-corrected chi connectivity index (χ0v) is 5.92. The van der Waals surface area contributed by atoms with E-state index < -0.39 is 0 Å². The molecular formula is C8H12O2. The molecule has 0 saturated carbocycles. The second-order valence-electron chi connectivity index (χ2n) is 2.48. The standard InChI is InChI=1S/C8H12O2/c1-2-7-8(10-7)5-3-4-6-9/h1,7-9H,3-6H2/t7-,8-/m1/s1. The number of rotatable bonds is 4. The highest BCUT2D eigenvalue weighted by molar-refractivity contribution is 5.07. The second-order valence-corrected chi connectivity index (χ2v) is 2.48. The van der Waals surface area contributed by atoms with Gasteiger partial charge in [-0.15, -0.1) is 6.42 Å². The molecule has 0 aromatic heterocycles. The number of hydrogen-bond acceptors (Lipinski definition) is 2. The third kappa shape index (κ3) is 2.02. The summed E-state index contributed by atoms with van der Waals surface area (Å²) in [6, 6.07) is 0. The van der Waals surface area contributed by atoms with Crippen molar-refractivity contribution in [1.82, 2.24) is 0 Å². The summed E-state index contributed by atoms with van der Waals surface area (Å²) in [5, 5.41) is 8.44. The molecule has 0 aromatic rings. The number of hydrogen-bond donors (Lipinski definition) is 1. The Kier molecular flexibility index (Phi) is 2.73. The van der Waals surface area contributed by atoms with Gasteiger partial charge in [0.05, 0.1) is 6.10 Å². The predicted octanol–water partition coefficient (Wildman–Crippen LogP) is 0.550. The molecule has 10 heavy (non-hydrogen) atoms. The van der Waals surface area contributed by atoms with Crippen molar-refractivity contribution in [2.24, 2.45) is 0 Å². The fourth-order valence-electron chi connectivity index (χ4n) is 0.966. The molecule has 1 heterocycles. The van der Waals surface area contributed by atoms with Crippen molar-refractivity contribution in [3.8, 4) is 12.3 Å². The van der Waals surface area contributed by atoms with Crippen LogP contribution < -0.4 is 0 Å². The average molecular weight is 140 g/mol. The van der Waals surface area contributed by atoms with Gasteiger partial charge in [-0.25, -0.2) is 0 Å². The van der Waals surface area contributed by atoms with Crippen LogP contribution in [0.15, 0.2) is 0 Å². The monoisotopic (exact) mass is 140 g/mol. The van der Waals surface area contributed by atoms with Crippen LogP contribution in [0.1, 0.15) is 19.3 Å². The summed E-state index contributed by atoms with van der Waals surface area (Å²) < 4.78 is 5.09. The average Bonchev–Trinajstić information content (AvgIpc) is 2.68. The van der Waals surface area contributed by atoms with E-state index in [4.69, 9.17) is 16.3 Å². The quantitative estimate of drug-likeness (QED) is 0.351. The van der Waals surface area contributed by atoms with Crippen LogP contribution in [0.4, 0.5) is 0 Å². The summed E-state index contributed by atoms with van der Waals surface area (Å²) in [6.45, 7) is 0.271. The van der Waals surface area contributed by atoms with Gasteiger partial charge in [-0.05, 0) is 19.3 Å². The van der Waals surface area contributed by atoms with E-state index in [0.29, 0.717) is 0 Å². The van der Waals surface area contributed by atoms with E-state index in [1.54, 1.807) is 0 Å². The van der Waals surface area contributed by atoms with E-state index in [1.807, 2.05) is 0 Å². The molecule has 1 fully saturated rings. The maximum absolute atomic E-state index is 8.44. The number of epoxide rings is 1. The van der Waals surface area contributed by atoms with Gasteiger partial charge in [0, 0.05) is 6.61 Å². The number of unbranched alkanes of at least 4 members (excludes halogenated alkanes) is 1. The van der Waals surface area contributed by atoms with Gasteiger partial charge >= 0.3 is 0 Å². The molecule has 0 amide bonds. The molecule has 0 unspecified atom stereocenters. The van der Waals surface area contributed by atoms with Gasteiger partial charge in [0.2, 0.25) is 0 Å². The Morgan fingerprint density at radius 2 is 2.30 bits per heavy atom. The number of aliphatic hydroxyl groups is 1. The highest BCUT2D eigenvalue weighted by atomic mass is 16.6. The minimum atomic E-state index is 0.0682. The molecule has 0 spiro atoms. The highest BCUT2D eigenvalue weighted by Gasteiger charge is 2.35. The molecule has 1 aliphatic rings. The van der Waals surface area contributed by atoms with E-state index in [1.165, 1.54) is 0 Å². The Bertz CT molecular complexity index is 137. The van der Waals surface area contributed by atoms with Crippen molar-refractivity contribution in [3.63, 3.8) is 0 Å². The number of ether oxygens (including phenoxy) is 1. The molecule has 2 nitrogen and oxygen atoms in total. The first-order chi connectivity index (χ1) is 4.88. The molecule has 1 N–H and O–H groups in total. The minimum Gasteiger partial charge on any atom is -0.396 e. The first kappa shape index (κ1) is 7.59. The summed E-state index contributed by atoms with van der Waals surface area (Å²) in [4.78, 5) is 0. The minimum absolute atomic E-state index is 0.0682. The fourth-order valence-corrected chi connectivity index (χ4v) is 0.966. The first-order valence-electron chi connectivity index (χ1n) is 3.61. The molecular weight excluding hydrogens is 128 g/mol. The fraction of sp³-hybridized carbons (Fsp3) is 0.750. The summed E-state index contributed by atoms with van der Waals surface area (Å²) >= 11 is 0. The van der Waals surface area contributed by atoms with Gasteiger partial charge in [-0.2, -0.15) is 0 Å². The van der Waals surface area contributed by atoms with Crippen LogP contribution in [-0.4, -0.2) is 23.9 Å². The van der Waals surface area contributed by atoms with Gasteiger partial charge < -0.3 is 9.84 Å². The zero-order valence-electron chi connectivity index (χ0n) is 5.92. The third-order valence-electron chi connectivity index (χ3n) is 1.64. The van der Waals surface area contributed by atoms with Gasteiger partial charge in [0.25, 0.3) is 0 Å². The smallest absolute Gasteiger partial charge is 0.144 e. The van der Waals surface area contributed by atoms with E-state index in [0.717, 1.165) is 19.3 Å². The van der Waals surface area contributed by atoms with Crippen LogP contribution in [0.25, 0.3) is 0 Å². The molecule has 0 aromatic carbocycles. The normalized spacial score (nSPS) is 29.6. The maximum Gasteiger partial charge on any atom is 0.144 e. The van der Waals surface area contributed by atoms with Gasteiger partial charge in [0.1, 0.15) is 6.10 Å². The Balaban J connectivity index is 1.93. The van der Waals surface area contributed by atoms with Crippen LogP contribution in [0.2, 0.25) is 0 Å². The summed E-state index contributed by atoms with van der Waals surface area (Å²) in [7, 11) is 0. The lowest BCUT2D eigenvalue weighted by atomic mass is 10.1. The second kappa shape index (κ2) is 3.60. The van der Waals surface area contributed by atoms with Gasteiger partial charge in [0.15, 0.2) is 0 Å². The molecule has 2 atom stereocenters. The molecule has 0 aliphatic carbocycles. The molecule has 0 radical (unpaired) electrons. The Labute approximate surface area is 61.2 Å². The lowest BCUT2D eigenvalue weighted by Gasteiger charge is -1.91. The molecule has 0 bridgehead atoms. The molecule has 1 rings (SSSR count).